The van der Waals surface area contributed by atoms with Crippen molar-refractivity contribution in [1.82, 2.24) is 0 Å². The van der Waals surface area contributed by atoms with E-state index >= 15 is 0 Å². The fraction of sp³-hybridized carbons (Fsp3) is 0.797. The average molecular weight is 1240 g/mol. The molecule has 12 nitrogen and oxygen atoms in total. The Bertz CT molecular complexity index is 1680. The van der Waals surface area contributed by atoms with Gasteiger partial charge in [-0.05, 0) is 0 Å². The van der Waals surface area contributed by atoms with Gasteiger partial charge in [-0.3, -0.25) is 0 Å². The van der Waals surface area contributed by atoms with E-state index in [4.69, 9.17) is 18.4 Å². The molecule has 2 atom stereocenters. The second-order valence-corrected chi connectivity index (χ2v) is 35.0. The maximum atomic E-state index is 14.4. The first kappa shape index (κ1) is 66.7. The van der Waals surface area contributed by atoms with Crippen LogP contribution in [0, 0.1) is 0 Å². The van der Waals surface area contributed by atoms with Gasteiger partial charge in [0.25, 0.3) is 0 Å². The van der Waals surface area contributed by atoms with Crippen LogP contribution in [0.4, 0.5) is 0 Å². The van der Waals surface area contributed by atoms with Gasteiger partial charge in [0.1, 0.15) is 0 Å². The summed E-state index contributed by atoms with van der Waals surface area (Å²) in [5, 5.41) is 0. The molecule has 0 bridgehead atoms. The molecule has 0 aromatic heterocycles. The summed E-state index contributed by atoms with van der Waals surface area (Å²) in [6, 6.07) is 0. The van der Waals surface area contributed by atoms with Crippen LogP contribution in [0.25, 0.3) is 0 Å². The van der Waals surface area contributed by atoms with Crippen molar-refractivity contribution in [2.45, 2.75) is 300 Å². The Morgan fingerprint density at radius 2 is 0.699 bits per heavy atom. The van der Waals surface area contributed by atoms with Crippen LogP contribution < -0.4 is 0 Å². The summed E-state index contributed by atoms with van der Waals surface area (Å²) in [6.45, 7) is 10.5. The predicted octanol–water partition coefficient (Wildman–Crippen LogP) is 16.6. The van der Waals surface area contributed by atoms with E-state index in [1.54, 1.807) is 0 Å². The molecule has 0 aromatic rings. The zero-order valence-corrected chi connectivity index (χ0v) is 52.5. The molecule has 2 aliphatic heterocycles. The fourth-order valence-electron chi connectivity index (χ4n) is 9.45. The van der Waals surface area contributed by atoms with Crippen LogP contribution in [0.3, 0.4) is 0 Å². The van der Waals surface area contributed by atoms with Gasteiger partial charge in [-0.1, -0.05) is 78.6 Å². The van der Waals surface area contributed by atoms with Crippen LogP contribution in [0.5, 0.6) is 0 Å². The van der Waals surface area contributed by atoms with Crippen LogP contribution >= 0.6 is 0 Å². The third-order valence-corrected chi connectivity index (χ3v) is 28.1. The number of unbranched alkanes of at least 4 members (excludes halogenated alkanes) is 32. The van der Waals surface area contributed by atoms with Crippen LogP contribution in [0.2, 0.25) is 8.87 Å². The van der Waals surface area contributed by atoms with Crippen molar-refractivity contribution in [3.8, 4) is 0 Å². The summed E-state index contributed by atoms with van der Waals surface area (Å²) in [5.41, 5.74) is 0.371. The molecule has 73 heavy (non-hydrogen) atoms. The molecular formula is C59H102O12Sn2. The Labute approximate surface area is 454 Å². The van der Waals surface area contributed by atoms with Gasteiger partial charge in [-0.25, -0.2) is 0 Å². The van der Waals surface area contributed by atoms with Gasteiger partial charge in [-0.2, -0.15) is 0 Å². The summed E-state index contributed by atoms with van der Waals surface area (Å²) >= 11 is -10.6. The first-order chi connectivity index (χ1) is 35.5. The van der Waals surface area contributed by atoms with Crippen LogP contribution in [-0.2, 0) is 47.2 Å². The quantitative estimate of drug-likeness (QED) is 0.0323. The Hall–Kier alpha value is -2.36. The van der Waals surface area contributed by atoms with E-state index < -0.39 is 75.1 Å². The van der Waals surface area contributed by atoms with Gasteiger partial charge >= 0.3 is 379 Å². The molecule has 418 valence electrons. The molecular weight excluding hydrogens is 1140 g/mol. The van der Waals surface area contributed by atoms with Gasteiger partial charge in [0.15, 0.2) is 0 Å². The molecule has 0 aromatic carbocycles. The Morgan fingerprint density at radius 3 is 1.04 bits per heavy atom. The molecule has 0 spiro atoms. The van der Waals surface area contributed by atoms with Crippen molar-refractivity contribution in [3.05, 3.63) is 34.9 Å². The molecule has 2 unspecified atom stereocenters. The second kappa shape index (κ2) is 42.7. The number of carbonyl (C=O) groups is 6. The summed E-state index contributed by atoms with van der Waals surface area (Å²) in [4.78, 5) is 82.6. The predicted molar refractivity (Wildman–Crippen MR) is 295 cm³/mol. The molecule has 0 fully saturated rings. The number of hydrogen-bond donors (Lipinski definition) is 0. The molecule has 0 saturated heterocycles. The van der Waals surface area contributed by atoms with Crippen LogP contribution in [-0.4, -0.2) is 75.1 Å². The van der Waals surface area contributed by atoms with E-state index in [9.17, 15) is 28.8 Å². The van der Waals surface area contributed by atoms with Gasteiger partial charge in [0, 0.05) is 0 Å². The number of hydrogen-bond acceptors (Lipinski definition) is 12. The summed E-state index contributed by atoms with van der Waals surface area (Å²) in [7, 11) is 0. The van der Waals surface area contributed by atoms with E-state index in [1.165, 1.54) is 141 Å². The Morgan fingerprint density at radius 1 is 0.397 bits per heavy atom. The SMILES string of the molecule is CCCCCCCCCCCCCC1=CC(=O)[O][Sn]([CH2]CCC)([O]C(=O)/C=C(/CCCCCCCCCCCCC)C(=O)[O][Sn]2([CH2]CCC)[O]C(=O)C=C(CCCCCCCCCCCCC)C(=O)[O]2)[O]C1=O. The monoisotopic (exact) mass is 1240 g/mol. The first-order valence-corrected chi connectivity index (χ1v) is 41.0. The van der Waals surface area contributed by atoms with E-state index in [0.29, 0.717) is 57.8 Å². The zero-order chi connectivity index (χ0) is 53.3. The molecule has 2 heterocycles. The second-order valence-electron chi connectivity index (χ2n) is 20.9. The summed E-state index contributed by atoms with van der Waals surface area (Å²) < 4.78 is 36.1. The summed E-state index contributed by atoms with van der Waals surface area (Å²) in [6.07, 6.45) is 43.7. The van der Waals surface area contributed by atoms with Crippen molar-refractivity contribution in [3.63, 3.8) is 0 Å². The molecule has 0 aliphatic carbocycles. The van der Waals surface area contributed by atoms with E-state index in [0.717, 1.165) is 70.3 Å². The minimum atomic E-state index is -5.33. The van der Waals surface area contributed by atoms with Gasteiger partial charge in [-0.15, -0.1) is 0 Å². The molecule has 0 radical (unpaired) electrons. The maximum absolute atomic E-state index is 14.4. The zero-order valence-electron chi connectivity index (χ0n) is 46.8. The Balaban J connectivity index is 2.20. The van der Waals surface area contributed by atoms with Crippen molar-refractivity contribution in [2.24, 2.45) is 0 Å². The third-order valence-electron chi connectivity index (χ3n) is 14.0. The van der Waals surface area contributed by atoms with Crippen molar-refractivity contribution in [2.75, 3.05) is 0 Å². The van der Waals surface area contributed by atoms with E-state index in [1.807, 2.05) is 13.8 Å². The number of carbonyl (C=O) groups excluding carboxylic acids is 6. The molecule has 0 amide bonds. The normalized spacial score (nSPS) is 18.2. The van der Waals surface area contributed by atoms with Crippen LogP contribution in [0.15, 0.2) is 34.9 Å². The van der Waals surface area contributed by atoms with Gasteiger partial charge in [0.05, 0.1) is 0 Å². The molecule has 0 N–H and O–H groups in total. The van der Waals surface area contributed by atoms with Crippen molar-refractivity contribution >= 4 is 75.1 Å². The molecule has 2 rings (SSSR count). The minimum absolute atomic E-state index is 0.0440. The summed E-state index contributed by atoms with van der Waals surface area (Å²) in [5.74, 6) is -4.85. The average Bonchev–Trinajstić information content (AvgIpc) is 3.55. The molecule has 14 heteroatoms. The van der Waals surface area contributed by atoms with Gasteiger partial charge < -0.3 is 0 Å². The topological polar surface area (TPSA) is 158 Å². The third kappa shape index (κ3) is 31.5. The molecule has 2 aliphatic rings. The van der Waals surface area contributed by atoms with Crippen molar-refractivity contribution in [1.29, 1.82) is 0 Å². The molecule has 0 saturated carbocycles. The standard InChI is InChI=1S/3C17H30O4.2C4H9.2Sn/c3*1-2-3-4-5-6-7-8-9-10-11-12-13-15(17(20)21)14-16(18)19;2*1-3-4-2;;/h3*14H,2-13H2,1H3,(H,18,19)(H,20,21);2*1,3-4H2,2H3;;/q;;;;;2*+3/p-6/b15-14-;;;;;;. The van der Waals surface area contributed by atoms with Crippen LogP contribution in [0.1, 0.15) is 291 Å². The first-order valence-electron chi connectivity index (χ1n) is 30.0. The van der Waals surface area contributed by atoms with E-state index in [-0.39, 0.29) is 32.0 Å². The Kier molecular flexibility index (Phi) is 39.1. The van der Waals surface area contributed by atoms with E-state index in [2.05, 4.69) is 20.8 Å². The number of rotatable bonds is 46. The van der Waals surface area contributed by atoms with Gasteiger partial charge in [0.2, 0.25) is 0 Å². The van der Waals surface area contributed by atoms with Crippen molar-refractivity contribution < 1.29 is 47.2 Å². The fourth-order valence-corrected chi connectivity index (χ4v) is 23.1.